The zero-order chi connectivity index (χ0) is 9.40. The molecular formula is C9H19NO2. The van der Waals surface area contributed by atoms with Crippen molar-refractivity contribution >= 4 is 5.97 Å². The van der Waals surface area contributed by atoms with Crippen LogP contribution in [0.2, 0.25) is 0 Å². The van der Waals surface area contributed by atoms with E-state index in [1.54, 1.807) is 0 Å². The summed E-state index contributed by atoms with van der Waals surface area (Å²) in [5.74, 6) is -0.106. The van der Waals surface area contributed by atoms with E-state index < -0.39 is 0 Å². The van der Waals surface area contributed by atoms with Gasteiger partial charge in [-0.2, -0.15) is 0 Å². The van der Waals surface area contributed by atoms with Crippen molar-refractivity contribution < 1.29 is 9.53 Å². The summed E-state index contributed by atoms with van der Waals surface area (Å²) < 4.78 is 4.93. The monoisotopic (exact) mass is 173 g/mol. The molecule has 0 amide bonds. The van der Waals surface area contributed by atoms with Crippen LogP contribution in [0.25, 0.3) is 0 Å². The Kier molecular flexibility index (Phi) is 6.76. The second-order valence-corrected chi connectivity index (χ2v) is 2.88. The first-order chi connectivity index (χ1) is 5.70. The van der Waals surface area contributed by atoms with Gasteiger partial charge in [-0.15, -0.1) is 0 Å². The largest absolute Gasteiger partial charge is 0.466 e. The number of hydrogen-bond donors (Lipinski definition) is 1. The average molecular weight is 173 g/mol. The summed E-state index contributed by atoms with van der Waals surface area (Å²) >= 11 is 0. The van der Waals surface area contributed by atoms with E-state index in [1.165, 1.54) is 0 Å². The van der Waals surface area contributed by atoms with Crippen LogP contribution in [-0.2, 0) is 9.53 Å². The SMILES string of the molecule is CCCOC(=O)CC(C)NCC. The van der Waals surface area contributed by atoms with Gasteiger partial charge >= 0.3 is 5.97 Å². The van der Waals surface area contributed by atoms with E-state index in [2.05, 4.69) is 5.32 Å². The molecule has 0 aromatic rings. The third-order valence-electron chi connectivity index (χ3n) is 1.49. The van der Waals surface area contributed by atoms with Crippen LogP contribution in [-0.4, -0.2) is 25.2 Å². The molecule has 0 aliphatic carbocycles. The van der Waals surface area contributed by atoms with Gasteiger partial charge in [0.25, 0.3) is 0 Å². The van der Waals surface area contributed by atoms with Crippen LogP contribution in [0, 0.1) is 0 Å². The number of esters is 1. The molecule has 3 heteroatoms. The summed E-state index contributed by atoms with van der Waals surface area (Å²) in [6, 6.07) is 0.222. The minimum atomic E-state index is -0.106. The first-order valence-electron chi connectivity index (χ1n) is 4.59. The molecule has 0 aliphatic rings. The maximum Gasteiger partial charge on any atom is 0.307 e. The Labute approximate surface area is 74.5 Å². The predicted octanol–water partition coefficient (Wildman–Crippen LogP) is 1.33. The molecule has 12 heavy (non-hydrogen) atoms. The van der Waals surface area contributed by atoms with Gasteiger partial charge in [-0.1, -0.05) is 13.8 Å². The van der Waals surface area contributed by atoms with Crippen molar-refractivity contribution in [2.24, 2.45) is 0 Å². The highest BCUT2D eigenvalue weighted by Crippen LogP contribution is 1.94. The quantitative estimate of drug-likeness (QED) is 0.616. The Hall–Kier alpha value is -0.570. The van der Waals surface area contributed by atoms with Crippen LogP contribution < -0.4 is 5.32 Å². The van der Waals surface area contributed by atoms with Crippen LogP contribution in [0.5, 0.6) is 0 Å². The lowest BCUT2D eigenvalue weighted by Gasteiger charge is -2.10. The number of hydrogen-bond acceptors (Lipinski definition) is 3. The molecule has 1 unspecified atom stereocenters. The Balaban J connectivity index is 3.40. The summed E-state index contributed by atoms with van der Waals surface area (Å²) in [6.45, 7) is 7.42. The van der Waals surface area contributed by atoms with Crippen molar-refractivity contribution in [2.75, 3.05) is 13.2 Å². The number of ether oxygens (including phenoxy) is 1. The van der Waals surface area contributed by atoms with E-state index >= 15 is 0 Å². The molecule has 1 atom stereocenters. The molecule has 0 heterocycles. The fourth-order valence-electron chi connectivity index (χ4n) is 0.945. The summed E-state index contributed by atoms with van der Waals surface area (Å²) in [7, 11) is 0. The van der Waals surface area contributed by atoms with Gasteiger partial charge in [0.05, 0.1) is 13.0 Å². The highest BCUT2D eigenvalue weighted by molar-refractivity contribution is 5.70. The topological polar surface area (TPSA) is 38.3 Å². The predicted molar refractivity (Wildman–Crippen MR) is 49.0 cm³/mol. The van der Waals surface area contributed by atoms with Gasteiger partial charge in [0.2, 0.25) is 0 Å². The van der Waals surface area contributed by atoms with Crippen molar-refractivity contribution in [2.45, 2.75) is 39.7 Å². The van der Waals surface area contributed by atoms with Crippen LogP contribution in [0.15, 0.2) is 0 Å². The molecule has 0 saturated carbocycles. The number of carbonyl (C=O) groups is 1. The zero-order valence-corrected chi connectivity index (χ0v) is 8.22. The van der Waals surface area contributed by atoms with E-state index in [9.17, 15) is 4.79 Å². The molecule has 3 nitrogen and oxygen atoms in total. The molecule has 72 valence electrons. The van der Waals surface area contributed by atoms with E-state index in [4.69, 9.17) is 4.74 Å². The normalized spacial score (nSPS) is 12.6. The molecular weight excluding hydrogens is 154 g/mol. The van der Waals surface area contributed by atoms with Crippen LogP contribution in [0.3, 0.4) is 0 Å². The molecule has 0 fully saturated rings. The molecule has 1 N–H and O–H groups in total. The Bertz CT molecular complexity index is 126. The van der Waals surface area contributed by atoms with E-state index in [0.29, 0.717) is 13.0 Å². The van der Waals surface area contributed by atoms with E-state index in [0.717, 1.165) is 13.0 Å². The lowest BCUT2D eigenvalue weighted by Crippen LogP contribution is -2.28. The molecule has 0 saturated heterocycles. The average Bonchev–Trinajstić information content (AvgIpc) is 2.01. The molecule has 0 aromatic carbocycles. The second kappa shape index (κ2) is 7.10. The van der Waals surface area contributed by atoms with E-state index in [1.807, 2.05) is 20.8 Å². The Morgan fingerprint density at radius 3 is 2.67 bits per heavy atom. The molecule has 0 spiro atoms. The fraction of sp³-hybridized carbons (Fsp3) is 0.889. The lowest BCUT2D eigenvalue weighted by molar-refractivity contribution is -0.144. The highest BCUT2D eigenvalue weighted by atomic mass is 16.5. The van der Waals surface area contributed by atoms with Crippen LogP contribution >= 0.6 is 0 Å². The molecule has 0 bridgehead atoms. The first-order valence-corrected chi connectivity index (χ1v) is 4.59. The fourth-order valence-corrected chi connectivity index (χ4v) is 0.945. The van der Waals surface area contributed by atoms with Gasteiger partial charge in [0.15, 0.2) is 0 Å². The van der Waals surface area contributed by atoms with Gasteiger partial charge < -0.3 is 10.1 Å². The van der Waals surface area contributed by atoms with Gasteiger partial charge in [-0.3, -0.25) is 4.79 Å². The minimum Gasteiger partial charge on any atom is -0.466 e. The second-order valence-electron chi connectivity index (χ2n) is 2.88. The minimum absolute atomic E-state index is 0.106. The van der Waals surface area contributed by atoms with Crippen molar-refractivity contribution in [3.63, 3.8) is 0 Å². The highest BCUT2D eigenvalue weighted by Gasteiger charge is 2.07. The Morgan fingerprint density at radius 2 is 2.17 bits per heavy atom. The van der Waals surface area contributed by atoms with Crippen LogP contribution in [0.4, 0.5) is 0 Å². The van der Waals surface area contributed by atoms with Gasteiger partial charge in [0, 0.05) is 6.04 Å². The summed E-state index contributed by atoms with van der Waals surface area (Å²) in [5.41, 5.74) is 0. The zero-order valence-electron chi connectivity index (χ0n) is 8.22. The molecule has 0 aromatic heterocycles. The summed E-state index contributed by atoms with van der Waals surface area (Å²) in [6.07, 6.45) is 1.36. The van der Waals surface area contributed by atoms with Crippen molar-refractivity contribution in [1.82, 2.24) is 5.32 Å². The molecule has 0 rings (SSSR count). The lowest BCUT2D eigenvalue weighted by atomic mass is 10.2. The Morgan fingerprint density at radius 1 is 1.50 bits per heavy atom. The van der Waals surface area contributed by atoms with Crippen molar-refractivity contribution in [3.8, 4) is 0 Å². The summed E-state index contributed by atoms with van der Waals surface area (Å²) in [5, 5.41) is 3.15. The smallest absolute Gasteiger partial charge is 0.307 e. The molecule has 0 radical (unpaired) electrons. The maximum absolute atomic E-state index is 11.0. The van der Waals surface area contributed by atoms with Crippen molar-refractivity contribution in [1.29, 1.82) is 0 Å². The number of nitrogens with one attached hydrogen (secondary N) is 1. The number of rotatable bonds is 6. The maximum atomic E-state index is 11.0. The standard InChI is InChI=1S/C9H19NO2/c1-4-6-12-9(11)7-8(3)10-5-2/h8,10H,4-7H2,1-3H3. The van der Waals surface area contributed by atoms with Crippen LogP contribution in [0.1, 0.15) is 33.6 Å². The third-order valence-corrected chi connectivity index (χ3v) is 1.49. The summed E-state index contributed by atoms with van der Waals surface area (Å²) in [4.78, 5) is 11.0. The van der Waals surface area contributed by atoms with Crippen molar-refractivity contribution in [3.05, 3.63) is 0 Å². The van der Waals surface area contributed by atoms with Gasteiger partial charge in [-0.25, -0.2) is 0 Å². The van der Waals surface area contributed by atoms with E-state index in [-0.39, 0.29) is 12.0 Å². The molecule has 0 aliphatic heterocycles. The number of carbonyl (C=O) groups excluding carboxylic acids is 1. The van der Waals surface area contributed by atoms with Gasteiger partial charge in [0.1, 0.15) is 0 Å². The van der Waals surface area contributed by atoms with Gasteiger partial charge in [-0.05, 0) is 19.9 Å². The third kappa shape index (κ3) is 6.16. The first kappa shape index (κ1) is 11.4.